The lowest BCUT2D eigenvalue weighted by Gasteiger charge is -2.35. The molecule has 1 aromatic rings. The van der Waals surface area contributed by atoms with E-state index in [0.29, 0.717) is 68.7 Å². The van der Waals surface area contributed by atoms with Crippen LogP contribution in [0, 0.1) is 17.3 Å². The van der Waals surface area contributed by atoms with Crippen LogP contribution in [0.15, 0.2) is 6.07 Å². The number of anilines is 1. The molecule has 3 rings (SSSR count). The summed E-state index contributed by atoms with van der Waals surface area (Å²) in [7, 11) is 0. The molecule has 0 radical (unpaired) electrons. The van der Waals surface area contributed by atoms with Crippen LogP contribution < -0.4 is 10.2 Å². The lowest BCUT2D eigenvalue weighted by atomic mass is 9.90. The third-order valence-corrected chi connectivity index (χ3v) is 6.74. The van der Waals surface area contributed by atoms with Crippen molar-refractivity contribution in [3.05, 3.63) is 15.8 Å². The zero-order chi connectivity index (χ0) is 24.0. The molecule has 8 nitrogen and oxygen atoms in total. The van der Waals surface area contributed by atoms with Gasteiger partial charge < -0.3 is 24.8 Å². The first-order valence-electron chi connectivity index (χ1n) is 11.3. The van der Waals surface area contributed by atoms with Crippen molar-refractivity contribution < 1.29 is 29.0 Å². The number of carboxylic acids is 1. The van der Waals surface area contributed by atoms with E-state index in [2.05, 4.69) is 17.2 Å². The molecular formula is C24H32N2O6S. The van der Waals surface area contributed by atoms with Gasteiger partial charge in [-0.05, 0) is 52.5 Å². The number of nitrogens with zero attached hydrogens (tertiary/aromatic N) is 1. The molecule has 0 spiro atoms. The van der Waals surface area contributed by atoms with E-state index >= 15 is 0 Å². The standard InChI is InChI=1S/C24H32N2O6S/c1-24(2,3)11-8-19-14-20(21(33-19)22(28)29)26(15-27)17-6-4-16(5-7-17)25-23(30)32-18-9-12-31-13-10-18/h14-18H,4-7,9-10,12-13H2,1-3H3,(H,25,30)(H,28,29). The van der Waals surface area contributed by atoms with Gasteiger partial charge in [-0.15, -0.1) is 11.3 Å². The predicted molar refractivity (Wildman–Crippen MR) is 126 cm³/mol. The third-order valence-electron chi connectivity index (χ3n) is 5.71. The molecule has 2 amide bonds. The van der Waals surface area contributed by atoms with Crippen LogP contribution in [-0.2, 0) is 14.3 Å². The zero-order valence-corrected chi connectivity index (χ0v) is 20.2. The van der Waals surface area contributed by atoms with Gasteiger partial charge >= 0.3 is 12.1 Å². The molecule has 1 aromatic heterocycles. The average molecular weight is 477 g/mol. The molecule has 2 heterocycles. The minimum atomic E-state index is -1.07. The SMILES string of the molecule is CC(C)(C)C#Cc1cc(N(C=O)C2CCC(NC(=O)OC3CCOCC3)CC2)c(C(=O)O)s1. The quantitative estimate of drug-likeness (QED) is 0.475. The first-order chi connectivity index (χ1) is 15.7. The minimum absolute atomic E-state index is 0.0308. The molecule has 2 aliphatic rings. The highest BCUT2D eigenvalue weighted by atomic mass is 32.1. The Morgan fingerprint density at radius 1 is 1.21 bits per heavy atom. The maximum Gasteiger partial charge on any atom is 0.407 e. The van der Waals surface area contributed by atoms with Gasteiger partial charge in [0.25, 0.3) is 0 Å². The summed E-state index contributed by atoms with van der Waals surface area (Å²) in [4.78, 5) is 38.3. The number of rotatable bonds is 6. The first kappa shape index (κ1) is 25.1. The van der Waals surface area contributed by atoms with Gasteiger partial charge in [0, 0.05) is 30.3 Å². The molecule has 1 aliphatic heterocycles. The van der Waals surface area contributed by atoms with Gasteiger partial charge in [0.15, 0.2) is 0 Å². The molecule has 2 fully saturated rings. The largest absolute Gasteiger partial charge is 0.477 e. The average Bonchev–Trinajstić information content (AvgIpc) is 3.19. The normalized spacial score (nSPS) is 21.4. The van der Waals surface area contributed by atoms with Crippen molar-refractivity contribution in [3.63, 3.8) is 0 Å². The van der Waals surface area contributed by atoms with Crippen LogP contribution in [0.4, 0.5) is 10.5 Å². The summed E-state index contributed by atoms with van der Waals surface area (Å²) in [6.45, 7) is 7.16. The summed E-state index contributed by atoms with van der Waals surface area (Å²) in [6.07, 6.45) is 4.27. The number of amides is 2. The highest BCUT2D eigenvalue weighted by Gasteiger charge is 2.31. The van der Waals surface area contributed by atoms with Crippen LogP contribution in [-0.4, -0.2) is 55.0 Å². The summed E-state index contributed by atoms with van der Waals surface area (Å²) in [5, 5.41) is 12.6. The number of aromatic carboxylic acids is 1. The van der Waals surface area contributed by atoms with Gasteiger partial charge in [-0.1, -0.05) is 11.8 Å². The fourth-order valence-electron chi connectivity index (χ4n) is 4.02. The van der Waals surface area contributed by atoms with E-state index in [9.17, 15) is 19.5 Å². The smallest absolute Gasteiger partial charge is 0.407 e. The van der Waals surface area contributed by atoms with Crippen LogP contribution in [0.25, 0.3) is 0 Å². The van der Waals surface area contributed by atoms with Gasteiger partial charge in [-0.25, -0.2) is 9.59 Å². The topological polar surface area (TPSA) is 105 Å². The van der Waals surface area contributed by atoms with Crippen molar-refractivity contribution in [2.75, 3.05) is 18.1 Å². The number of carbonyl (C=O) groups is 3. The van der Waals surface area contributed by atoms with Crippen molar-refractivity contribution in [2.24, 2.45) is 5.41 Å². The van der Waals surface area contributed by atoms with E-state index in [1.54, 1.807) is 6.07 Å². The Labute approximate surface area is 198 Å². The monoisotopic (exact) mass is 476 g/mol. The van der Waals surface area contributed by atoms with E-state index in [0.717, 1.165) is 11.3 Å². The maximum atomic E-state index is 12.2. The third kappa shape index (κ3) is 7.21. The molecule has 1 aliphatic carbocycles. The number of hydrogen-bond acceptors (Lipinski definition) is 6. The second-order valence-electron chi connectivity index (χ2n) is 9.51. The molecule has 33 heavy (non-hydrogen) atoms. The molecule has 0 atom stereocenters. The Balaban J connectivity index is 1.62. The molecule has 1 saturated heterocycles. The molecule has 180 valence electrons. The summed E-state index contributed by atoms with van der Waals surface area (Å²) in [5.74, 6) is 5.07. The molecule has 9 heteroatoms. The van der Waals surface area contributed by atoms with Crippen molar-refractivity contribution >= 4 is 35.5 Å². The van der Waals surface area contributed by atoms with E-state index < -0.39 is 12.1 Å². The van der Waals surface area contributed by atoms with Crippen LogP contribution >= 0.6 is 11.3 Å². The van der Waals surface area contributed by atoms with E-state index in [-0.39, 0.29) is 28.5 Å². The Morgan fingerprint density at radius 3 is 2.45 bits per heavy atom. The fourth-order valence-corrected chi connectivity index (χ4v) is 4.87. The second kappa shape index (κ2) is 11.0. The van der Waals surface area contributed by atoms with Crippen molar-refractivity contribution in [2.45, 2.75) is 77.5 Å². The summed E-state index contributed by atoms with van der Waals surface area (Å²) < 4.78 is 10.8. The zero-order valence-electron chi connectivity index (χ0n) is 19.4. The number of hydrogen-bond donors (Lipinski definition) is 2. The number of thiophene rings is 1. The van der Waals surface area contributed by atoms with Crippen LogP contribution in [0.3, 0.4) is 0 Å². The van der Waals surface area contributed by atoms with E-state index in [1.165, 1.54) is 4.90 Å². The van der Waals surface area contributed by atoms with E-state index in [1.807, 2.05) is 20.8 Å². The fraction of sp³-hybridized carbons (Fsp3) is 0.625. The van der Waals surface area contributed by atoms with Crippen LogP contribution in [0.2, 0.25) is 0 Å². The Morgan fingerprint density at radius 2 is 1.88 bits per heavy atom. The van der Waals surface area contributed by atoms with Gasteiger partial charge in [0.1, 0.15) is 11.0 Å². The minimum Gasteiger partial charge on any atom is -0.477 e. The number of ether oxygens (including phenoxy) is 2. The molecule has 0 bridgehead atoms. The van der Waals surface area contributed by atoms with Gasteiger partial charge in [-0.2, -0.15) is 0 Å². The van der Waals surface area contributed by atoms with Crippen molar-refractivity contribution in [1.82, 2.24) is 5.32 Å². The molecule has 2 N–H and O–H groups in total. The summed E-state index contributed by atoms with van der Waals surface area (Å²) >= 11 is 1.09. The number of nitrogens with one attached hydrogen (secondary N) is 1. The van der Waals surface area contributed by atoms with E-state index in [4.69, 9.17) is 9.47 Å². The predicted octanol–water partition coefficient (Wildman–Crippen LogP) is 4.02. The lowest BCUT2D eigenvalue weighted by molar-refractivity contribution is -0.108. The molecular weight excluding hydrogens is 444 g/mol. The highest BCUT2D eigenvalue weighted by molar-refractivity contribution is 7.15. The van der Waals surface area contributed by atoms with Crippen LogP contribution in [0.1, 0.15) is 73.8 Å². The second-order valence-corrected chi connectivity index (χ2v) is 10.6. The summed E-state index contributed by atoms with van der Waals surface area (Å²) in [5.41, 5.74) is 0.172. The Bertz CT molecular complexity index is 912. The number of alkyl carbamates (subject to hydrolysis) is 1. The lowest BCUT2D eigenvalue weighted by Crippen LogP contribution is -2.45. The van der Waals surface area contributed by atoms with Crippen molar-refractivity contribution in [3.8, 4) is 11.8 Å². The highest BCUT2D eigenvalue weighted by Crippen LogP contribution is 2.34. The molecule has 1 saturated carbocycles. The Kier molecular flexibility index (Phi) is 8.38. The molecule has 0 aromatic carbocycles. The number of carbonyl (C=O) groups excluding carboxylic acids is 2. The summed E-state index contributed by atoms with van der Waals surface area (Å²) in [6, 6.07) is 1.52. The molecule has 0 unspecified atom stereocenters. The van der Waals surface area contributed by atoms with Crippen LogP contribution in [0.5, 0.6) is 0 Å². The van der Waals surface area contributed by atoms with Crippen molar-refractivity contribution in [1.29, 1.82) is 0 Å². The van der Waals surface area contributed by atoms with Gasteiger partial charge in [0.2, 0.25) is 6.41 Å². The maximum absolute atomic E-state index is 12.2. The van der Waals surface area contributed by atoms with Gasteiger partial charge in [-0.3, -0.25) is 4.79 Å². The first-order valence-corrected chi connectivity index (χ1v) is 12.2. The Hall–Kier alpha value is -2.57. The van der Waals surface area contributed by atoms with Gasteiger partial charge in [0.05, 0.1) is 23.8 Å². The number of carboxylic acid groups (broad SMARTS) is 1.